The van der Waals surface area contributed by atoms with Crippen LogP contribution in [0.2, 0.25) is 0 Å². The second-order valence-corrected chi connectivity index (χ2v) is 9.46. The molecule has 0 aromatic carbocycles. The molecule has 0 saturated heterocycles. The summed E-state index contributed by atoms with van der Waals surface area (Å²) in [7, 11) is 0. The standard InChI is InChI=1S/C27H29FN8O/c1-16-10-23(32-24(11-16)33-25-12-17(2)34-35-25)19-4-6-20(7-5-19)27(37)31-18(3)21-8-9-26(29-13-21)36-15-22(28)14-30-36/h4,8-15,18,20H,5-7H2,1-3H3,(H,31,37)(H2,32,33,34,35)/t18-,20?/m0/s1. The minimum Gasteiger partial charge on any atom is -0.349 e. The van der Waals surface area contributed by atoms with Crippen LogP contribution >= 0.6 is 0 Å². The van der Waals surface area contributed by atoms with Gasteiger partial charge >= 0.3 is 0 Å². The first-order chi connectivity index (χ1) is 17.8. The minimum atomic E-state index is -0.421. The summed E-state index contributed by atoms with van der Waals surface area (Å²) >= 11 is 0. The molecule has 0 radical (unpaired) electrons. The number of allylic oxidation sites excluding steroid dienone is 2. The molecule has 9 nitrogen and oxygen atoms in total. The van der Waals surface area contributed by atoms with E-state index in [9.17, 15) is 9.18 Å². The van der Waals surface area contributed by atoms with E-state index in [0.29, 0.717) is 12.2 Å². The third-order valence-corrected chi connectivity index (χ3v) is 6.46. The van der Waals surface area contributed by atoms with Crippen LogP contribution in [0.15, 0.2) is 55.0 Å². The van der Waals surface area contributed by atoms with E-state index in [4.69, 9.17) is 4.98 Å². The molecule has 2 atom stereocenters. The van der Waals surface area contributed by atoms with Gasteiger partial charge in [0.2, 0.25) is 5.91 Å². The van der Waals surface area contributed by atoms with Crippen LogP contribution in [0.1, 0.15) is 54.7 Å². The molecule has 1 aliphatic carbocycles. The van der Waals surface area contributed by atoms with Crippen molar-refractivity contribution in [3.8, 4) is 5.82 Å². The van der Waals surface area contributed by atoms with Crippen molar-refractivity contribution >= 4 is 23.1 Å². The predicted molar refractivity (Wildman–Crippen MR) is 139 cm³/mol. The number of aromatic nitrogens is 6. The lowest BCUT2D eigenvalue weighted by atomic mass is 9.87. The van der Waals surface area contributed by atoms with Crippen molar-refractivity contribution in [2.24, 2.45) is 5.92 Å². The zero-order valence-electron chi connectivity index (χ0n) is 21.0. The fourth-order valence-corrected chi connectivity index (χ4v) is 4.44. The van der Waals surface area contributed by atoms with Crippen molar-refractivity contribution in [1.82, 2.24) is 35.3 Å². The number of halogens is 1. The number of aryl methyl sites for hydroxylation is 2. The molecule has 0 saturated carbocycles. The lowest BCUT2D eigenvalue weighted by molar-refractivity contribution is -0.125. The number of hydrogen-bond acceptors (Lipinski definition) is 6. The lowest BCUT2D eigenvalue weighted by Crippen LogP contribution is -2.33. The van der Waals surface area contributed by atoms with Crippen molar-refractivity contribution in [3.05, 3.63) is 83.3 Å². The van der Waals surface area contributed by atoms with E-state index in [1.165, 1.54) is 10.9 Å². The van der Waals surface area contributed by atoms with Crippen LogP contribution in [0.25, 0.3) is 11.4 Å². The van der Waals surface area contributed by atoms with Gasteiger partial charge in [-0.3, -0.25) is 9.89 Å². The highest BCUT2D eigenvalue weighted by Gasteiger charge is 2.24. The fourth-order valence-electron chi connectivity index (χ4n) is 4.44. The normalized spacial score (nSPS) is 16.2. The van der Waals surface area contributed by atoms with Crippen LogP contribution in [0, 0.1) is 25.6 Å². The second-order valence-electron chi connectivity index (χ2n) is 9.46. The van der Waals surface area contributed by atoms with Crippen LogP contribution in [-0.2, 0) is 4.79 Å². The van der Waals surface area contributed by atoms with Gasteiger partial charge in [0.25, 0.3) is 0 Å². The molecule has 0 fully saturated rings. The number of amides is 1. The number of H-pyrrole nitrogens is 1. The van der Waals surface area contributed by atoms with E-state index in [-0.39, 0.29) is 17.9 Å². The molecule has 0 spiro atoms. The van der Waals surface area contributed by atoms with Gasteiger partial charge in [0.15, 0.2) is 17.5 Å². The van der Waals surface area contributed by atoms with Crippen molar-refractivity contribution < 1.29 is 9.18 Å². The van der Waals surface area contributed by atoms with Gasteiger partial charge in [-0.15, -0.1) is 0 Å². The number of aromatic amines is 1. The van der Waals surface area contributed by atoms with Gasteiger partial charge in [0, 0.05) is 23.9 Å². The smallest absolute Gasteiger partial charge is 0.223 e. The highest BCUT2D eigenvalue weighted by molar-refractivity contribution is 5.81. The minimum absolute atomic E-state index is 0.0227. The van der Waals surface area contributed by atoms with E-state index < -0.39 is 5.82 Å². The van der Waals surface area contributed by atoms with Gasteiger partial charge < -0.3 is 10.6 Å². The van der Waals surface area contributed by atoms with Crippen molar-refractivity contribution in [2.45, 2.75) is 46.1 Å². The van der Waals surface area contributed by atoms with E-state index in [2.05, 4.69) is 43.1 Å². The Balaban J connectivity index is 1.20. The topological polar surface area (TPSA) is 113 Å². The zero-order chi connectivity index (χ0) is 25.9. The number of nitrogens with one attached hydrogen (secondary N) is 3. The second kappa shape index (κ2) is 10.3. The molecular weight excluding hydrogens is 471 g/mol. The Labute approximate surface area is 214 Å². The maximum atomic E-state index is 13.2. The Morgan fingerprint density at radius 2 is 2.05 bits per heavy atom. The third-order valence-electron chi connectivity index (χ3n) is 6.46. The van der Waals surface area contributed by atoms with Crippen LogP contribution in [0.3, 0.4) is 0 Å². The van der Waals surface area contributed by atoms with Crippen molar-refractivity contribution in [3.63, 3.8) is 0 Å². The number of nitrogens with zero attached hydrogens (tertiary/aromatic N) is 5. The molecule has 3 N–H and O–H groups in total. The average Bonchev–Trinajstić information content (AvgIpc) is 3.51. The summed E-state index contributed by atoms with van der Waals surface area (Å²) < 4.78 is 14.6. The number of hydrogen-bond donors (Lipinski definition) is 3. The van der Waals surface area contributed by atoms with Gasteiger partial charge in [-0.2, -0.15) is 10.2 Å². The van der Waals surface area contributed by atoms with Gasteiger partial charge in [-0.25, -0.2) is 19.0 Å². The highest BCUT2D eigenvalue weighted by Crippen LogP contribution is 2.31. The SMILES string of the molecule is Cc1cc(Nc2cc(C)[nH]n2)nc(C2=CCC(C(=O)N[C@@H](C)c3ccc(-n4cc(F)cn4)nc3)CC2)c1. The number of anilines is 2. The van der Waals surface area contributed by atoms with E-state index in [1.54, 1.807) is 12.3 Å². The first-order valence-electron chi connectivity index (χ1n) is 12.3. The Hall–Kier alpha value is -4.34. The Morgan fingerprint density at radius 3 is 2.70 bits per heavy atom. The summed E-state index contributed by atoms with van der Waals surface area (Å²) in [6, 6.07) is 9.41. The summed E-state index contributed by atoms with van der Waals surface area (Å²) in [5.41, 5.74) is 5.02. The van der Waals surface area contributed by atoms with Crippen molar-refractivity contribution in [1.29, 1.82) is 0 Å². The molecule has 4 aromatic heterocycles. The summed E-state index contributed by atoms with van der Waals surface area (Å²) in [6.07, 6.45) is 8.40. The number of carbonyl (C=O) groups excluding carboxylic acids is 1. The summed E-state index contributed by atoms with van der Waals surface area (Å²) in [4.78, 5) is 22.1. The number of carbonyl (C=O) groups is 1. The Morgan fingerprint density at radius 1 is 1.19 bits per heavy atom. The van der Waals surface area contributed by atoms with Crippen LogP contribution in [0.4, 0.5) is 16.0 Å². The number of rotatable bonds is 7. The van der Waals surface area contributed by atoms with Gasteiger partial charge in [0.05, 0.1) is 24.1 Å². The zero-order valence-corrected chi connectivity index (χ0v) is 21.0. The predicted octanol–water partition coefficient (Wildman–Crippen LogP) is 4.95. The summed E-state index contributed by atoms with van der Waals surface area (Å²) in [5.74, 6) is 1.49. The van der Waals surface area contributed by atoms with Crippen LogP contribution in [-0.4, -0.2) is 35.9 Å². The molecule has 190 valence electrons. The summed E-state index contributed by atoms with van der Waals surface area (Å²) in [5, 5.41) is 17.4. The van der Waals surface area contributed by atoms with Gasteiger partial charge in [-0.1, -0.05) is 12.1 Å². The largest absolute Gasteiger partial charge is 0.349 e. The van der Waals surface area contributed by atoms with E-state index in [0.717, 1.165) is 58.8 Å². The van der Waals surface area contributed by atoms with Crippen LogP contribution in [0.5, 0.6) is 0 Å². The highest BCUT2D eigenvalue weighted by atomic mass is 19.1. The van der Waals surface area contributed by atoms with Crippen LogP contribution < -0.4 is 10.6 Å². The lowest BCUT2D eigenvalue weighted by Gasteiger charge is -2.24. The molecule has 1 aliphatic rings. The molecule has 1 unspecified atom stereocenters. The quantitative estimate of drug-likeness (QED) is 0.331. The third kappa shape index (κ3) is 5.74. The van der Waals surface area contributed by atoms with E-state index in [1.807, 2.05) is 39.0 Å². The summed E-state index contributed by atoms with van der Waals surface area (Å²) in [6.45, 7) is 5.92. The molecule has 37 heavy (non-hydrogen) atoms. The fraction of sp³-hybridized carbons (Fsp3) is 0.296. The first kappa shape index (κ1) is 24.4. The molecule has 10 heteroatoms. The first-order valence-corrected chi connectivity index (χ1v) is 12.3. The molecule has 1 amide bonds. The Bertz CT molecular complexity index is 1440. The Kier molecular flexibility index (Phi) is 6.80. The number of pyridine rings is 2. The van der Waals surface area contributed by atoms with Gasteiger partial charge in [0.1, 0.15) is 5.82 Å². The molecule has 5 rings (SSSR count). The monoisotopic (exact) mass is 500 g/mol. The molecular formula is C27H29FN8O. The molecule has 0 aliphatic heterocycles. The maximum absolute atomic E-state index is 13.2. The van der Waals surface area contributed by atoms with Gasteiger partial charge in [-0.05, 0) is 74.9 Å². The maximum Gasteiger partial charge on any atom is 0.223 e. The molecule has 4 heterocycles. The molecule has 0 bridgehead atoms. The molecule has 4 aromatic rings. The van der Waals surface area contributed by atoms with E-state index >= 15 is 0 Å². The average molecular weight is 501 g/mol. The van der Waals surface area contributed by atoms with Crippen molar-refractivity contribution in [2.75, 3.05) is 5.32 Å².